The first-order valence-electron chi connectivity index (χ1n) is 18.6. The standard InChI is InChI=1S/C42H29N7O13S4/c50-42-40(66(60,61)62)20-24-10-11-26(43-25-6-2-1-3-7-25)21-32(24)41(42)49-47-35-16-15-34(29-8-4-5-9-30(29)35)44-46-37-18-17-36(31-14-12-27(22-33(31)37)63(51,52)53)45-48-38-23-28(64(54,55)56)13-19-39(38)65(57,58)59/h1-23,43,50H,(H,51,52,53)(H,54,55,56)(H,57,58,59)(H,60,61,62). The zero-order valence-electron chi connectivity index (χ0n) is 33.1. The molecule has 66 heavy (non-hydrogen) atoms. The molecule has 24 heteroatoms. The minimum absolute atomic E-state index is 0.0384. The summed E-state index contributed by atoms with van der Waals surface area (Å²) < 4.78 is 136. The first kappa shape index (κ1) is 45.2. The first-order chi connectivity index (χ1) is 31.1. The van der Waals surface area contributed by atoms with Gasteiger partial charge in [-0.1, -0.05) is 54.6 Å². The van der Waals surface area contributed by atoms with Gasteiger partial charge in [-0.15, -0.1) is 30.7 Å². The lowest BCUT2D eigenvalue weighted by Crippen LogP contribution is -2.02. The number of hydrogen-bond acceptors (Lipinski definition) is 16. The molecule has 0 radical (unpaired) electrons. The third-order valence-corrected chi connectivity index (χ3v) is 13.3. The Morgan fingerprint density at radius 3 is 1.41 bits per heavy atom. The van der Waals surface area contributed by atoms with Crippen LogP contribution in [0.15, 0.2) is 190 Å². The number of aromatic hydroxyl groups is 1. The van der Waals surface area contributed by atoms with Gasteiger partial charge in [-0.25, -0.2) is 0 Å². The number of rotatable bonds is 12. The van der Waals surface area contributed by atoms with E-state index in [9.17, 15) is 57.0 Å². The lowest BCUT2D eigenvalue weighted by Gasteiger charge is -2.12. The summed E-state index contributed by atoms with van der Waals surface area (Å²) in [5.74, 6) is -0.841. The second kappa shape index (κ2) is 17.2. The predicted molar refractivity (Wildman–Crippen MR) is 241 cm³/mol. The SMILES string of the molecule is O=S(=O)(O)c1ccc(S(=O)(=O)O)c(N=Nc2ccc(N=Nc3ccc(N=Nc4c(O)c(S(=O)(=O)O)cc5ccc(Nc6ccccc6)cc45)c4ccccc34)c3cc(S(=O)(=O)O)ccc23)c1. The van der Waals surface area contributed by atoms with Gasteiger partial charge in [-0.3, -0.25) is 18.2 Å². The molecule has 334 valence electrons. The Morgan fingerprint density at radius 2 is 0.848 bits per heavy atom. The number of anilines is 2. The van der Waals surface area contributed by atoms with Crippen molar-refractivity contribution in [1.29, 1.82) is 0 Å². The van der Waals surface area contributed by atoms with Gasteiger partial charge in [0.05, 0.1) is 32.5 Å². The van der Waals surface area contributed by atoms with Crippen LogP contribution in [-0.2, 0) is 40.5 Å². The van der Waals surface area contributed by atoms with Gasteiger partial charge in [-0.05, 0) is 90.3 Å². The maximum Gasteiger partial charge on any atom is 0.298 e. The lowest BCUT2D eigenvalue weighted by atomic mass is 10.1. The molecular weight excluding hydrogens is 939 g/mol. The third kappa shape index (κ3) is 9.51. The monoisotopic (exact) mass is 967 g/mol. The highest BCUT2D eigenvalue weighted by atomic mass is 32.2. The van der Waals surface area contributed by atoms with Crippen molar-refractivity contribution in [3.8, 4) is 5.75 Å². The van der Waals surface area contributed by atoms with Crippen molar-refractivity contribution in [2.24, 2.45) is 30.7 Å². The Kier molecular flexibility index (Phi) is 11.8. The number of phenolic OH excluding ortho intramolecular Hbond substituents is 1. The van der Waals surface area contributed by atoms with E-state index in [1.807, 2.05) is 30.3 Å². The Balaban J connectivity index is 1.19. The molecule has 0 spiro atoms. The molecule has 0 aliphatic heterocycles. The fraction of sp³-hybridized carbons (Fsp3) is 0. The highest BCUT2D eigenvalue weighted by Crippen LogP contribution is 2.44. The van der Waals surface area contributed by atoms with Gasteiger partial charge >= 0.3 is 0 Å². The molecule has 0 aliphatic rings. The van der Waals surface area contributed by atoms with Crippen LogP contribution in [0.1, 0.15) is 0 Å². The highest BCUT2D eigenvalue weighted by Gasteiger charge is 2.23. The lowest BCUT2D eigenvalue weighted by molar-refractivity contribution is 0.444. The number of para-hydroxylation sites is 1. The summed E-state index contributed by atoms with van der Waals surface area (Å²) in [5.41, 5.74) is 0.896. The van der Waals surface area contributed by atoms with Crippen molar-refractivity contribution in [3.63, 3.8) is 0 Å². The van der Waals surface area contributed by atoms with E-state index in [4.69, 9.17) is 0 Å². The molecule has 8 aromatic rings. The normalized spacial score (nSPS) is 12.9. The van der Waals surface area contributed by atoms with Crippen molar-refractivity contribution in [2.75, 3.05) is 5.32 Å². The zero-order chi connectivity index (χ0) is 47.2. The fourth-order valence-electron chi connectivity index (χ4n) is 6.75. The van der Waals surface area contributed by atoms with Gasteiger partial charge in [-0.2, -0.15) is 33.7 Å². The van der Waals surface area contributed by atoms with Crippen LogP contribution in [-0.4, -0.2) is 57.0 Å². The van der Waals surface area contributed by atoms with Crippen molar-refractivity contribution < 1.29 is 57.0 Å². The van der Waals surface area contributed by atoms with Crippen LogP contribution in [0.3, 0.4) is 0 Å². The molecule has 8 aromatic carbocycles. The van der Waals surface area contributed by atoms with Gasteiger partial charge < -0.3 is 10.4 Å². The third-order valence-electron chi connectivity index (χ3n) is 9.81. The number of fused-ring (bicyclic) bond motifs is 3. The van der Waals surface area contributed by atoms with Crippen molar-refractivity contribution >= 4 is 118 Å². The van der Waals surface area contributed by atoms with E-state index in [1.54, 1.807) is 42.5 Å². The summed E-state index contributed by atoms with van der Waals surface area (Å²) in [5, 5.41) is 41.4. The minimum atomic E-state index is -4.97. The van der Waals surface area contributed by atoms with Crippen molar-refractivity contribution in [3.05, 3.63) is 140 Å². The first-order valence-corrected chi connectivity index (χ1v) is 24.4. The van der Waals surface area contributed by atoms with E-state index in [-0.39, 0.29) is 39.2 Å². The van der Waals surface area contributed by atoms with Gasteiger partial charge in [0, 0.05) is 38.3 Å². The van der Waals surface area contributed by atoms with Crippen LogP contribution in [0.2, 0.25) is 0 Å². The largest absolute Gasteiger partial charge is 0.504 e. The Bertz CT molecular complexity index is 3870. The maximum absolute atomic E-state index is 12.3. The number of nitrogens with one attached hydrogen (secondary N) is 1. The van der Waals surface area contributed by atoms with E-state index in [1.165, 1.54) is 30.3 Å². The summed E-state index contributed by atoms with van der Waals surface area (Å²) in [4.78, 5) is -2.92. The minimum Gasteiger partial charge on any atom is -0.504 e. The van der Waals surface area contributed by atoms with Crippen molar-refractivity contribution in [1.82, 2.24) is 0 Å². The smallest absolute Gasteiger partial charge is 0.298 e. The summed E-state index contributed by atoms with van der Waals surface area (Å²) in [6.07, 6.45) is 0. The second-order valence-electron chi connectivity index (χ2n) is 14.1. The number of azo groups is 3. The average Bonchev–Trinajstić information content (AvgIpc) is 3.26. The summed E-state index contributed by atoms with van der Waals surface area (Å²) in [6.45, 7) is 0. The van der Waals surface area contributed by atoms with E-state index >= 15 is 0 Å². The molecule has 6 N–H and O–H groups in total. The molecule has 0 saturated heterocycles. The van der Waals surface area contributed by atoms with Crippen LogP contribution in [0, 0.1) is 0 Å². The molecule has 0 atom stereocenters. The molecule has 0 aromatic heterocycles. The van der Waals surface area contributed by atoms with E-state index in [2.05, 4.69) is 36.0 Å². The molecule has 0 aliphatic carbocycles. The maximum atomic E-state index is 12.3. The molecule has 0 fully saturated rings. The highest BCUT2D eigenvalue weighted by molar-refractivity contribution is 7.86. The Morgan fingerprint density at radius 1 is 0.364 bits per heavy atom. The zero-order valence-corrected chi connectivity index (χ0v) is 36.4. The molecule has 0 heterocycles. The number of phenols is 1. The van der Waals surface area contributed by atoms with Crippen LogP contribution < -0.4 is 5.32 Å². The Hall–Kier alpha value is -7.42. The predicted octanol–water partition coefficient (Wildman–Crippen LogP) is 10.8. The van der Waals surface area contributed by atoms with Crippen LogP contribution >= 0.6 is 0 Å². The number of benzene rings is 8. The molecule has 20 nitrogen and oxygen atoms in total. The van der Waals surface area contributed by atoms with Crippen molar-refractivity contribution in [2.45, 2.75) is 19.6 Å². The summed E-state index contributed by atoms with van der Waals surface area (Å²) >= 11 is 0. The molecular formula is C42H29N7O13S4. The average molecular weight is 968 g/mol. The topological polar surface area (TPSA) is 324 Å². The van der Waals surface area contributed by atoms with E-state index in [0.717, 1.165) is 30.0 Å². The van der Waals surface area contributed by atoms with Crippen LogP contribution in [0.5, 0.6) is 5.75 Å². The van der Waals surface area contributed by atoms with Gasteiger partial charge in [0.15, 0.2) is 5.75 Å². The van der Waals surface area contributed by atoms with Gasteiger partial charge in [0.2, 0.25) is 0 Å². The number of nitrogens with zero attached hydrogens (tertiary/aromatic N) is 6. The number of hydrogen-bond donors (Lipinski definition) is 6. The quantitative estimate of drug-likeness (QED) is 0.0490. The molecule has 0 bridgehead atoms. The Labute approximate surface area is 374 Å². The summed E-state index contributed by atoms with van der Waals surface area (Å²) in [6, 6.07) is 33.1. The second-order valence-corrected chi connectivity index (χ2v) is 19.7. The van der Waals surface area contributed by atoms with Gasteiger partial charge in [0.1, 0.15) is 21.2 Å². The summed E-state index contributed by atoms with van der Waals surface area (Å²) in [7, 11) is -19.5. The van der Waals surface area contributed by atoms with Gasteiger partial charge in [0.25, 0.3) is 40.5 Å². The van der Waals surface area contributed by atoms with E-state index < -0.39 is 71.5 Å². The molecule has 0 amide bonds. The van der Waals surface area contributed by atoms with Crippen LogP contribution in [0.25, 0.3) is 32.3 Å². The van der Waals surface area contributed by atoms with Crippen LogP contribution in [0.4, 0.5) is 45.5 Å². The van der Waals surface area contributed by atoms with E-state index in [0.29, 0.717) is 39.4 Å². The molecule has 0 saturated carbocycles. The fourth-order valence-corrected chi connectivity index (χ4v) is 8.98. The molecule has 8 rings (SSSR count). The molecule has 0 unspecified atom stereocenters.